The monoisotopic (exact) mass is 288 g/mol. The molecule has 0 spiro atoms. The summed E-state index contributed by atoms with van der Waals surface area (Å²) < 4.78 is 2.27. The summed E-state index contributed by atoms with van der Waals surface area (Å²) >= 11 is 0. The minimum atomic E-state index is -1.62. The molecule has 1 aromatic rings. The highest BCUT2D eigenvalue weighted by atomic mass is 28.3. The van der Waals surface area contributed by atoms with E-state index < -0.39 is 8.07 Å². The van der Waals surface area contributed by atoms with E-state index in [0.717, 1.165) is 18.7 Å². The van der Waals surface area contributed by atoms with E-state index in [1.807, 2.05) is 0 Å². The van der Waals surface area contributed by atoms with Crippen LogP contribution in [0.1, 0.15) is 59.5 Å². The summed E-state index contributed by atoms with van der Waals surface area (Å²) in [5.41, 5.74) is 6.79. The summed E-state index contributed by atoms with van der Waals surface area (Å²) in [5.74, 6) is 4.66. The molecule has 0 atom stereocenters. The minimum absolute atomic E-state index is 0.685. The maximum absolute atomic E-state index is 4.68. The predicted octanol–water partition coefficient (Wildman–Crippen LogP) is 4.40. The van der Waals surface area contributed by atoms with Crippen molar-refractivity contribution in [3.8, 4) is 11.5 Å². The van der Waals surface area contributed by atoms with Gasteiger partial charge < -0.3 is 4.57 Å². The topological polar surface area (TPSA) is 17.8 Å². The summed E-state index contributed by atoms with van der Waals surface area (Å²) in [5, 5.41) is 0. The first-order chi connectivity index (χ1) is 9.37. The number of fused-ring (bicyclic) bond motifs is 1. The highest BCUT2D eigenvalue weighted by Gasteiger charge is 2.41. The quantitative estimate of drug-likeness (QED) is 0.595. The van der Waals surface area contributed by atoms with Gasteiger partial charge in [-0.05, 0) is 23.0 Å². The molecule has 0 amide bonds. The maximum Gasteiger partial charge on any atom is 0.146 e. The highest BCUT2D eigenvalue weighted by molar-refractivity contribution is 6.90. The zero-order chi connectivity index (χ0) is 14.9. The summed E-state index contributed by atoms with van der Waals surface area (Å²) in [6, 6.07) is 0. The van der Waals surface area contributed by atoms with E-state index >= 15 is 0 Å². The lowest BCUT2D eigenvalue weighted by molar-refractivity contribution is 0.749. The minimum Gasteiger partial charge on any atom is -0.334 e. The Balaban J connectivity index is 2.35. The van der Waals surface area contributed by atoms with Crippen LogP contribution < -0.4 is 0 Å². The van der Waals surface area contributed by atoms with Crippen molar-refractivity contribution < 1.29 is 0 Å². The maximum atomic E-state index is 4.68. The molecule has 0 aliphatic carbocycles. The van der Waals surface area contributed by atoms with Gasteiger partial charge in [-0.3, -0.25) is 0 Å². The number of nitrogens with zero attached hydrogens (tertiary/aromatic N) is 2. The summed E-state index contributed by atoms with van der Waals surface area (Å²) in [6.45, 7) is 15.2. The number of imidazole rings is 1. The first-order valence-electron chi connectivity index (χ1n) is 7.97. The third kappa shape index (κ3) is 2.58. The Labute approximate surface area is 125 Å². The van der Waals surface area contributed by atoms with Crippen molar-refractivity contribution in [1.82, 2.24) is 9.55 Å². The van der Waals surface area contributed by atoms with Gasteiger partial charge in [-0.1, -0.05) is 47.5 Å². The summed E-state index contributed by atoms with van der Waals surface area (Å²) in [7, 11) is -1.62. The predicted molar refractivity (Wildman–Crippen MR) is 88.5 cm³/mol. The van der Waals surface area contributed by atoms with Gasteiger partial charge in [-0.25, -0.2) is 4.98 Å². The molecule has 0 fully saturated rings. The Morgan fingerprint density at radius 1 is 1.10 bits per heavy atom. The molecule has 0 saturated heterocycles. The van der Waals surface area contributed by atoms with Crippen LogP contribution in [0.3, 0.4) is 0 Å². The van der Waals surface area contributed by atoms with Crippen LogP contribution in [0, 0.1) is 11.5 Å². The van der Waals surface area contributed by atoms with Crippen molar-refractivity contribution in [1.29, 1.82) is 0 Å². The molecule has 0 aromatic carbocycles. The second kappa shape index (κ2) is 5.77. The molecule has 1 aliphatic heterocycles. The van der Waals surface area contributed by atoms with Crippen LogP contribution in [0.5, 0.6) is 0 Å². The van der Waals surface area contributed by atoms with Crippen LogP contribution in [0.2, 0.25) is 16.6 Å². The van der Waals surface area contributed by atoms with Gasteiger partial charge in [0.15, 0.2) is 0 Å². The van der Waals surface area contributed by atoms with Gasteiger partial charge >= 0.3 is 0 Å². The molecule has 0 unspecified atom stereocenters. The molecule has 2 rings (SSSR count). The zero-order valence-electron chi connectivity index (χ0n) is 13.8. The second-order valence-corrected chi connectivity index (χ2v) is 12.6. The van der Waals surface area contributed by atoms with E-state index in [1.165, 1.54) is 12.2 Å². The van der Waals surface area contributed by atoms with Crippen molar-refractivity contribution >= 4 is 8.07 Å². The second-order valence-electron chi connectivity index (χ2n) is 6.99. The molecular weight excluding hydrogens is 260 g/mol. The van der Waals surface area contributed by atoms with Gasteiger partial charge in [0.25, 0.3) is 0 Å². The number of rotatable bonds is 3. The number of aryl methyl sites for hydroxylation is 2. The SMILES string of the molecule is CC(C)[Si](C#Cc1cn2c(n1)CCC2)(C(C)C)C(C)C. The van der Waals surface area contributed by atoms with Crippen molar-refractivity contribution in [2.24, 2.45) is 0 Å². The molecule has 0 radical (unpaired) electrons. The van der Waals surface area contributed by atoms with Crippen molar-refractivity contribution in [2.75, 3.05) is 0 Å². The van der Waals surface area contributed by atoms with Gasteiger partial charge in [0.05, 0.1) is 0 Å². The summed E-state index contributed by atoms with van der Waals surface area (Å²) in [4.78, 5) is 4.68. The van der Waals surface area contributed by atoms with Gasteiger partial charge in [-0.15, -0.1) is 5.54 Å². The third-order valence-electron chi connectivity index (χ3n) is 4.93. The van der Waals surface area contributed by atoms with E-state index in [1.54, 1.807) is 0 Å². The van der Waals surface area contributed by atoms with Crippen LogP contribution >= 0.6 is 0 Å². The van der Waals surface area contributed by atoms with Crippen LogP contribution in [0.4, 0.5) is 0 Å². The van der Waals surface area contributed by atoms with E-state index in [2.05, 4.69) is 68.8 Å². The average molecular weight is 289 g/mol. The lowest BCUT2D eigenvalue weighted by atomic mass is 10.3. The largest absolute Gasteiger partial charge is 0.334 e. The van der Waals surface area contributed by atoms with Gasteiger partial charge in [0.2, 0.25) is 0 Å². The fourth-order valence-electron chi connectivity index (χ4n) is 3.92. The molecule has 110 valence electrons. The summed E-state index contributed by atoms with van der Waals surface area (Å²) in [6.07, 6.45) is 4.50. The number of aromatic nitrogens is 2. The molecule has 1 aromatic heterocycles. The van der Waals surface area contributed by atoms with E-state index in [4.69, 9.17) is 0 Å². The first-order valence-corrected chi connectivity index (χ1v) is 10.2. The van der Waals surface area contributed by atoms with Gasteiger partial charge in [0, 0.05) is 19.2 Å². The first kappa shape index (κ1) is 15.4. The Kier molecular flexibility index (Phi) is 4.44. The van der Waals surface area contributed by atoms with Crippen molar-refractivity contribution in [3.63, 3.8) is 0 Å². The molecule has 1 aliphatic rings. The fraction of sp³-hybridized carbons (Fsp3) is 0.706. The Hall–Kier alpha value is -1.01. The standard InChI is InChI=1S/C17H28N2Si/c1-13(2)20(14(3)4,15(5)6)11-9-16-12-19-10-7-8-17(19)18-16/h12-15H,7-8,10H2,1-6H3. The van der Waals surface area contributed by atoms with Gasteiger partial charge in [0.1, 0.15) is 19.6 Å². The average Bonchev–Trinajstić information content (AvgIpc) is 2.88. The Morgan fingerprint density at radius 3 is 2.20 bits per heavy atom. The molecule has 0 saturated carbocycles. The highest BCUT2D eigenvalue weighted by Crippen LogP contribution is 2.40. The molecular formula is C17H28N2Si. The Bertz CT molecular complexity index is 486. The molecule has 0 bridgehead atoms. The normalized spacial score (nSPS) is 14.8. The van der Waals surface area contributed by atoms with E-state index in [9.17, 15) is 0 Å². The third-order valence-corrected chi connectivity index (χ3v) is 11.2. The molecule has 20 heavy (non-hydrogen) atoms. The molecule has 2 nitrogen and oxygen atoms in total. The van der Waals surface area contributed by atoms with Crippen LogP contribution in [-0.2, 0) is 13.0 Å². The number of hydrogen-bond acceptors (Lipinski definition) is 1. The molecule has 2 heterocycles. The molecule has 0 N–H and O–H groups in total. The smallest absolute Gasteiger partial charge is 0.146 e. The van der Waals surface area contributed by atoms with Crippen molar-refractivity contribution in [3.05, 3.63) is 17.7 Å². The van der Waals surface area contributed by atoms with Crippen LogP contribution in [0.15, 0.2) is 6.20 Å². The fourth-order valence-corrected chi connectivity index (χ4v) is 9.13. The van der Waals surface area contributed by atoms with Crippen molar-refractivity contribution in [2.45, 2.75) is 77.6 Å². The van der Waals surface area contributed by atoms with Crippen LogP contribution in [-0.4, -0.2) is 17.6 Å². The van der Waals surface area contributed by atoms with Crippen LogP contribution in [0.25, 0.3) is 0 Å². The van der Waals surface area contributed by atoms with E-state index in [-0.39, 0.29) is 0 Å². The Morgan fingerprint density at radius 2 is 1.70 bits per heavy atom. The molecule has 3 heteroatoms. The zero-order valence-corrected chi connectivity index (χ0v) is 14.8. The lowest BCUT2D eigenvalue weighted by Gasteiger charge is -2.37. The van der Waals surface area contributed by atoms with Gasteiger partial charge in [-0.2, -0.15) is 0 Å². The number of hydrogen-bond donors (Lipinski definition) is 0. The lowest BCUT2D eigenvalue weighted by Crippen LogP contribution is -2.43. The van der Waals surface area contributed by atoms with E-state index in [0.29, 0.717) is 16.6 Å².